The minimum atomic E-state index is 0.909. The van der Waals surface area contributed by atoms with Crippen LogP contribution in [0.25, 0.3) is 0 Å². The lowest BCUT2D eigenvalue weighted by Crippen LogP contribution is -2.30. The van der Waals surface area contributed by atoms with Crippen LogP contribution < -0.4 is 5.32 Å². The first-order chi connectivity index (χ1) is 8.38. The summed E-state index contributed by atoms with van der Waals surface area (Å²) in [6.07, 6.45) is 16.0. The zero-order valence-electron chi connectivity index (χ0n) is 11.5. The molecule has 1 N–H and O–H groups in total. The van der Waals surface area contributed by atoms with Gasteiger partial charge in [-0.1, -0.05) is 38.3 Å². The Kier molecular flexibility index (Phi) is 5.57. The van der Waals surface area contributed by atoms with Crippen LogP contribution in [0.2, 0.25) is 0 Å². The summed E-state index contributed by atoms with van der Waals surface area (Å²) in [6.45, 7) is 4.87. The van der Waals surface area contributed by atoms with E-state index >= 15 is 0 Å². The van der Waals surface area contributed by atoms with Crippen LogP contribution in [0.1, 0.15) is 58.3 Å². The Balaban J connectivity index is 1.55. The summed E-state index contributed by atoms with van der Waals surface area (Å²) in [5, 5.41) is 3.72. The van der Waals surface area contributed by atoms with E-state index in [9.17, 15) is 0 Å². The number of rotatable bonds is 5. The smallest absolute Gasteiger partial charge is 0.00173 e. The monoisotopic (exact) mass is 235 g/mol. The highest BCUT2D eigenvalue weighted by Gasteiger charge is 2.19. The molecule has 2 aliphatic carbocycles. The molecule has 0 aliphatic heterocycles. The molecular formula is C16H29N. The van der Waals surface area contributed by atoms with Crippen molar-refractivity contribution in [2.24, 2.45) is 17.8 Å². The second-order valence-electron chi connectivity index (χ2n) is 6.10. The molecular weight excluding hydrogens is 206 g/mol. The first-order valence-corrected chi connectivity index (χ1v) is 7.74. The van der Waals surface area contributed by atoms with Gasteiger partial charge in [0.2, 0.25) is 0 Å². The van der Waals surface area contributed by atoms with Crippen LogP contribution in [0.15, 0.2) is 12.2 Å². The Morgan fingerprint density at radius 1 is 0.882 bits per heavy atom. The van der Waals surface area contributed by atoms with Gasteiger partial charge in [0.1, 0.15) is 0 Å². The summed E-state index contributed by atoms with van der Waals surface area (Å²) >= 11 is 0. The standard InChI is InChI=1S/C16H29N/c1-2-14-8-10-16(11-9-14)13-17-12-15-6-4-3-5-7-15/h3-4,14-17H,2,5-13H2,1H3. The lowest BCUT2D eigenvalue weighted by Gasteiger charge is -2.28. The summed E-state index contributed by atoms with van der Waals surface area (Å²) in [7, 11) is 0. The third-order valence-electron chi connectivity index (χ3n) is 4.79. The normalized spacial score (nSPS) is 33.8. The predicted molar refractivity (Wildman–Crippen MR) is 75.1 cm³/mol. The van der Waals surface area contributed by atoms with E-state index in [1.807, 2.05) is 0 Å². The van der Waals surface area contributed by atoms with Crippen molar-refractivity contribution in [3.05, 3.63) is 12.2 Å². The fourth-order valence-electron chi connectivity index (χ4n) is 3.38. The molecule has 1 unspecified atom stereocenters. The van der Waals surface area contributed by atoms with Gasteiger partial charge in [0.15, 0.2) is 0 Å². The maximum Gasteiger partial charge on any atom is -0.00173 e. The highest BCUT2D eigenvalue weighted by Crippen LogP contribution is 2.30. The molecule has 0 bridgehead atoms. The van der Waals surface area contributed by atoms with Gasteiger partial charge in [-0.15, -0.1) is 0 Å². The zero-order chi connectivity index (χ0) is 11.9. The van der Waals surface area contributed by atoms with E-state index in [2.05, 4.69) is 24.4 Å². The van der Waals surface area contributed by atoms with Gasteiger partial charge in [-0.2, -0.15) is 0 Å². The highest BCUT2D eigenvalue weighted by molar-refractivity contribution is 4.90. The SMILES string of the molecule is CCC1CCC(CNCC2CC=CCC2)CC1. The Labute approximate surface area is 107 Å². The van der Waals surface area contributed by atoms with Crippen LogP contribution >= 0.6 is 0 Å². The van der Waals surface area contributed by atoms with E-state index in [0.717, 1.165) is 17.8 Å². The summed E-state index contributed by atoms with van der Waals surface area (Å²) < 4.78 is 0. The molecule has 2 rings (SSSR count). The largest absolute Gasteiger partial charge is 0.316 e. The average molecular weight is 235 g/mol. The van der Waals surface area contributed by atoms with Crippen molar-refractivity contribution in [3.8, 4) is 0 Å². The fourth-order valence-corrected chi connectivity index (χ4v) is 3.38. The Hall–Kier alpha value is -0.300. The fraction of sp³-hybridized carbons (Fsp3) is 0.875. The minimum absolute atomic E-state index is 0.909. The van der Waals surface area contributed by atoms with Gasteiger partial charge in [0.25, 0.3) is 0 Å². The van der Waals surface area contributed by atoms with Crippen LogP contribution in [0, 0.1) is 17.8 Å². The van der Waals surface area contributed by atoms with Crippen molar-refractivity contribution >= 4 is 0 Å². The van der Waals surface area contributed by atoms with Gasteiger partial charge < -0.3 is 5.32 Å². The van der Waals surface area contributed by atoms with Gasteiger partial charge in [-0.05, 0) is 62.9 Å². The first kappa shape index (κ1) is 13.1. The Bertz CT molecular complexity index is 226. The van der Waals surface area contributed by atoms with Gasteiger partial charge in [-0.3, -0.25) is 0 Å². The molecule has 0 spiro atoms. The van der Waals surface area contributed by atoms with Crippen LogP contribution in [0.5, 0.6) is 0 Å². The summed E-state index contributed by atoms with van der Waals surface area (Å²) in [4.78, 5) is 0. The summed E-state index contributed by atoms with van der Waals surface area (Å²) in [5.74, 6) is 2.92. The molecule has 98 valence electrons. The van der Waals surface area contributed by atoms with Crippen LogP contribution in [-0.2, 0) is 0 Å². The van der Waals surface area contributed by atoms with E-state index < -0.39 is 0 Å². The van der Waals surface area contributed by atoms with E-state index in [4.69, 9.17) is 0 Å². The summed E-state index contributed by atoms with van der Waals surface area (Å²) in [6, 6.07) is 0. The van der Waals surface area contributed by atoms with Gasteiger partial charge in [-0.25, -0.2) is 0 Å². The molecule has 0 aromatic rings. The highest BCUT2D eigenvalue weighted by atomic mass is 14.9. The molecule has 1 saturated carbocycles. The minimum Gasteiger partial charge on any atom is -0.316 e. The maximum atomic E-state index is 3.72. The van der Waals surface area contributed by atoms with Crippen molar-refractivity contribution in [1.82, 2.24) is 5.32 Å². The number of hydrogen-bond acceptors (Lipinski definition) is 1. The molecule has 1 atom stereocenters. The molecule has 0 amide bonds. The second-order valence-corrected chi connectivity index (χ2v) is 6.10. The van der Waals surface area contributed by atoms with Crippen molar-refractivity contribution in [1.29, 1.82) is 0 Å². The zero-order valence-corrected chi connectivity index (χ0v) is 11.5. The van der Waals surface area contributed by atoms with Crippen molar-refractivity contribution < 1.29 is 0 Å². The van der Waals surface area contributed by atoms with Crippen LogP contribution in [-0.4, -0.2) is 13.1 Å². The molecule has 0 heterocycles. The van der Waals surface area contributed by atoms with E-state index in [-0.39, 0.29) is 0 Å². The molecule has 1 fully saturated rings. The van der Waals surface area contributed by atoms with Gasteiger partial charge in [0, 0.05) is 0 Å². The van der Waals surface area contributed by atoms with E-state index in [0.29, 0.717) is 0 Å². The van der Waals surface area contributed by atoms with E-state index in [1.165, 1.54) is 64.5 Å². The quantitative estimate of drug-likeness (QED) is 0.706. The third kappa shape index (κ3) is 4.46. The lowest BCUT2D eigenvalue weighted by atomic mass is 9.81. The number of hydrogen-bond donors (Lipinski definition) is 1. The van der Waals surface area contributed by atoms with Crippen molar-refractivity contribution in [2.75, 3.05) is 13.1 Å². The average Bonchev–Trinajstić information content (AvgIpc) is 2.41. The number of nitrogens with one attached hydrogen (secondary N) is 1. The number of allylic oxidation sites excluding steroid dienone is 2. The van der Waals surface area contributed by atoms with E-state index in [1.54, 1.807) is 0 Å². The maximum absolute atomic E-state index is 3.72. The predicted octanol–water partition coefficient (Wildman–Crippen LogP) is 4.15. The lowest BCUT2D eigenvalue weighted by molar-refractivity contribution is 0.258. The van der Waals surface area contributed by atoms with Gasteiger partial charge in [0.05, 0.1) is 0 Å². The van der Waals surface area contributed by atoms with Gasteiger partial charge >= 0.3 is 0 Å². The van der Waals surface area contributed by atoms with Crippen LogP contribution in [0.4, 0.5) is 0 Å². The molecule has 0 aromatic heterocycles. The van der Waals surface area contributed by atoms with Crippen LogP contribution in [0.3, 0.4) is 0 Å². The molecule has 0 radical (unpaired) electrons. The molecule has 1 nitrogen and oxygen atoms in total. The Morgan fingerprint density at radius 2 is 1.59 bits per heavy atom. The molecule has 0 aromatic carbocycles. The van der Waals surface area contributed by atoms with Crippen molar-refractivity contribution in [2.45, 2.75) is 58.3 Å². The topological polar surface area (TPSA) is 12.0 Å². The second kappa shape index (κ2) is 7.20. The molecule has 1 heteroatoms. The Morgan fingerprint density at radius 3 is 2.24 bits per heavy atom. The third-order valence-corrected chi connectivity index (χ3v) is 4.79. The summed E-state index contributed by atoms with van der Waals surface area (Å²) in [5.41, 5.74) is 0. The molecule has 0 saturated heterocycles. The van der Waals surface area contributed by atoms with Crippen molar-refractivity contribution in [3.63, 3.8) is 0 Å². The molecule has 17 heavy (non-hydrogen) atoms. The first-order valence-electron chi connectivity index (χ1n) is 7.74. The molecule has 2 aliphatic rings.